The Balaban J connectivity index is 2.90. The molecule has 19 heavy (non-hydrogen) atoms. The minimum Gasteiger partial charge on any atom is -0.505 e. The molecule has 0 fully saturated rings. The van der Waals surface area contributed by atoms with E-state index in [1.165, 1.54) is 12.1 Å². The van der Waals surface area contributed by atoms with Gasteiger partial charge in [0, 0.05) is 5.39 Å². The van der Waals surface area contributed by atoms with Crippen LogP contribution in [0.15, 0.2) is 18.2 Å². The second-order valence-corrected chi connectivity index (χ2v) is 3.98. The van der Waals surface area contributed by atoms with E-state index in [0.29, 0.717) is 29.4 Å². The van der Waals surface area contributed by atoms with Crippen molar-refractivity contribution in [1.29, 1.82) is 0 Å². The number of aryl methyl sites for hydroxylation is 1. The third-order valence-corrected chi connectivity index (χ3v) is 2.92. The molecule has 0 saturated heterocycles. The number of terminal acetylenes is 1. The summed E-state index contributed by atoms with van der Waals surface area (Å²) in [6.07, 6.45) is 5.91. The average Bonchev–Trinajstić information content (AvgIpc) is 2.40. The largest absolute Gasteiger partial charge is 0.505 e. The normalized spacial score (nSPS) is 10.2. The minimum atomic E-state index is -0.811. The lowest BCUT2D eigenvalue weighted by molar-refractivity contribution is -0.120. The van der Waals surface area contributed by atoms with E-state index in [9.17, 15) is 14.3 Å². The summed E-state index contributed by atoms with van der Waals surface area (Å²) in [5.74, 6) is 1.25. The number of benzene rings is 2. The third-order valence-electron chi connectivity index (χ3n) is 2.92. The van der Waals surface area contributed by atoms with E-state index in [1.54, 1.807) is 6.07 Å². The fourth-order valence-corrected chi connectivity index (χ4v) is 2.10. The van der Waals surface area contributed by atoms with Gasteiger partial charge in [-0.25, -0.2) is 4.39 Å². The maximum atomic E-state index is 13.8. The lowest BCUT2D eigenvalue weighted by atomic mass is 9.96. The highest BCUT2D eigenvalue weighted by Gasteiger charge is 2.15. The Bertz CT molecular complexity index is 699. The number of rotatable bonds is 3. The van der Waals surface area contributed by atoms with Gasteiger partial charge in [0.15, 0.2) is 11.6 Å². The summed E-state index contributed by atoms with van der Waals surface area (Å²) in [6.45, 7) is 2.19. The van der Waals surface area contributed by atoms with Crippen molar-refractivity contribution in [3.8, 4) is 23.8 Å². The molecule has 3 nitrogen and oxygen atoms in total. The molecule has 0 atom stereocenters. The number of ether oxygens (including phenoxy) is 1. The number of hydrogen-bond acceptors (Lipinski definition) is 3. The zero-order chi connectivity index (χ0) is 14.0. The second kappa shape index (κ2) is 4.99. The van der Waals surface area contributed by atoms with Gasteiger partial charge in [0.2, 0.25) is 0 Å². The van der Waals surface area contributed by atoms with Gasteiger partial charge in [-0.2, -0.15) is 0 Å². The SMILES string of the molecule is C#Cc1c(F)c(O)cc2cc(OC=O)cc(CC)c12. The lowest BCUT2D eigenvalue weighted by Gasteiger charge is -2.11. The Labute approximate surface area is 109 Å². The van der Waals surface area contributed by atoms with Gasteiger partial charge < -0.3 is 9.84 Å². The fraction of sp³-hybridized carbons (Fsp3) is 0.133. The monoisotopic (exact) mass is 258 g/mol. The zero-order valence-electron chi connectivity index (χ0n) is 10.2. The van der Waals surface area contributed by atoms with Crippen LogP contribution in [0.5, 0.6) is 11.5 Å². The highest BCUT2D eigenvalue weighted by Crippen LogP contribution is 2.34. The average molecular weight is 258 g/mol. The number of carbonyl (C=O) groups is 1. The molecule has 2 aromatic rings. The number of aromatic hydroxyl groups is 1. The van der Waals surface area contributed by atoms with Gasteiger partial charge in [0.1, 0.15) is 5.75 Å². The molecule has 0 amide bonds. The number of phenols is 1. The summed E-state index contributed by atoms with van der Waals surface area (Å²) in [6, 6.07) is 4.43. The number of carbonyl (C=O) groups excluding carboxylic acids is 1. The van der Waals surface area contributed by atoms with Crippen molar-refractivity contribution in [1.82, 2.24) is 0 Å². The Hall–Kier alpha value is -2.54. The van der Waals surface area contributed by atoms with Crippen LogP contribution in [0, 0.1) is 18.2 Å². The Morgan fingerprint density at radius 1 is 1.47 bits per heavy atom. The van der Waals surface area contributed by atoms with Crippen molar-refractivity contribution >= 4 is 17.2 Å². The van der Waals surface area contributed by atoms with Crippen LogP contribution in [0.3, 0.4) is 0 Å². The summed E-state index contributed by atoms with van der Waals surface area (Å²) in [7, 11) is 0. The molecule has 0 unspecified atom stereocenters. The van der Waals surface area contributed by atoms with Crippen LogP contribution in [0.25, 0.3) is 10.8 Å². The molecule has 0 aliphatic heterocycles. The van der Waals surface area contributed by atoms with E-state index in [2.05, 4.69) is 5.92 Å². The maximum absolute atomic E-state index is 13.8. The highest BCUT2D eigenvalue weighted by molar-refractivity contribution is 5.94. The van der Waals surface area contributed by atoms with Crippen LogP contribution < -0.4 is 4.74 Å². The van der Waals surface area contributed by atoms with E-state index in [-0.39, 0.29) is 5.56 Å². The van der Waals surface area contributed by atoms with Crippen LogP contribution in [0.4, 0.5) is 4.39 Å². The van der Waals surface area contributed by atoms with Crippen molar-refractivity contribution in [3.05, 3.63) is 35.1 Å². The first kappa shape index (κ1) is 12.9. The molecular weight excluding hydrogens is 247 g/mol. The van der Waals surface area contributed by atoms with Crippen LogP contribution in [-0.4, -0.2) is 11.6 Å². The standard InChI is InChI=1S/C15H11FO3/c1-3-9-5-11(19-8-17)6-10-7-13(18)15(16)12(4-2)14(9)10/h2,5-8,18H,3H2,1H3. The predicted octanol–water partition coefficient (Wildman–Crippen LogP) is 2.76. The van der Waals surface area contributed by atoms with Crippen molar-refractivity contribution in [2.24, 2.45) is 0 Å². The Morgan fingerprint density at radius 2 is 2.21 bits per heavy atom. The molecule has 0 aliphatic carbocycles. The summed E-state index contributed by atoms with van der Waals surface area (Å²) >= 11 is 0. The number of halogens is 1. The fourth-order valence-electron chi connectivity index (χ4n) is 2.10. The van der Waals surface area contributed by atoms with E-state index in [0.717, 1.165) is 5.56 Å². The van der Waals surface area contributed by atoms with Gasteiger partial charge in [0.25, 0.3) is 6.47 Å². The molecular formula is C15H11FO3. The molecule has 0 aliphatic rings. The van der Waals surface area contributed by atoms with Crippen molar-refractivity contribution in [3.63, 3.8) is 0 Å². The first-order chi connectivity index (χ1) is 9.12. The summed E-state index contributed by atoms with van der Waals surface area (Å²) < 4.78 is 18.6. The molecule has 0 heterocycles. The van der Waals surface area contributed by atoms with Gasteiger partial charge in [-0.05, 0) is 35.6 Å². The Kier molecular flexibility index (Phi) is 3.39. The van der Waals surface area contributed by atoms with Crippen molar-refractivity contribution in [2.45, 2.75) is 13.3 Å². The quantitative estimate of drug-likeness (QED) is 0.680. The van der Waals surface area contributed by atoms with E-state index >= 15 is 0 Å². The van der Waals surface area contributed by atoms with E-state index in [1.807, 2.05) is 6.92 Å². The van der Waals surface area contributed by atoms with Crippen LogP contribution in [-0.2, 0) is 11.2 Å². The van der Waals surface area contributed by atoms with Gasteiger partial charge in [0.05, 0.1) is 5.56 Å². The molecule has 0 aromatic heterocycles. The summed E-state index contributed by atoms with van der Waals surface area (Å²) in [4.78, 5) is 10.4. The first-order valence-corrected chi connectivity index (χ1v) is 5.67. The second-order valence-electron chi connectivity index (χ2n) is 3.98. The van der Waals surface area contributed by atoms with Gasteiger partial charge in [-0.15, -0.1) is 6.42 Å². The minimum absolute atomic E-state index is 0.0181. The number of phenolic OH excluding ortho intramolecular Hbond substituents is 1. The van der Waals surface area contributed by atoms with Crippen molar-refractivity contribution in [2.75, 3.05) is 0 Å². The molecule has 0 saturated carbocycles. The molecule has 0 spiro atoms. The lowest BCUT2D eigenvalue weighted by Crippen LogP contribution is -1.96. The van der Waals surface area contributed by atoms with Gasteiger partial charge in [-0.3, -0.25) is 4.79 Å². The molecule has 0 bridgehead atoms. The van der Waals surface area contributed by atoms with Crippen LogP contribution in [0.2, 0.25) is 0 Å². The molecule has 1 N–H and O–H groups in total. The Morgan fingerprint density at radius 3 is 2.79 bits per heavy atom. The topological polar surface area (TPSA) is 46.5 Å². The summed E-state index contributed by atoms with van der Waals surface area (Å²) in [5, 5.41) is 10.6. The predicted molar refractivity (Wildman–Crippen MR) is 69.6 cm³/mol. The highest BCUT2D eigenvalue weighted by atomic mass is 19.1. The summed E-state index contributed by atoms with van der Waals surface area (Å²) in [5.41, 5.74) is 0.769. The molecule has 96 valence electrons. The van der Waals surface area contributed by atoms with E-state index < -0.39 is 11.6 Å². The van der Waals surface area contributed by atoms with Crippen molar-refractivity contribution < 1.29 is 19.0 Å². The van der Waals surface area contributed by atoms with E-state index in [4.69, 9.17) is 11.2 Å². The maximum Gasteiger partial charge on any atom is 0.298 e. The van der Waals surface area contributed by atoms with Crippen LogP contribution >= 0.6 is 0 Å². The van der Waals surface area contributed by atoms with Crippen LogP contribution in [0.1, 0.15) is 18.1 Å². The zero-order valence-corrected chi connectivity index (χ0v) is 10.2. The molecule has 2 aromatic carbocycles. The third kappa shape index (κ3) is 2.11. The number of hydrogen-bond donors (Lipinski definition) is 1. The smallest absolute Gasteiger partial charge is 0.298 e. The van der Waals surface area contributed by atoms with Gasteiger partial charge >= 0.3 is 0 Å². The molecule has 4 heteroatoms. The molecule has 0 radical (unpaired) electrons. The van der Waals surface area contributed by atoms with Gasteiger partial charge in [-0.1, -0.05) is 12.8 Å². The first-order valence-electron chi connectivity index (χ1n) is 5.67. The molecule has 2 rings (SSSR count). The number of fused-ring (bicyclic) bond motifs is 1.